The molecule has 9 heteroatoms. The number of aromatic nitrogens is 2. The lowest BCUT2D eigenvalue weighted by atomic mass is 9.96. The Hall–Kier alpha value is -3.59. The molecule has 0 spiro atoms. The number of ether oxygens (including phenoxy) is 1. The third-order valence-corrected chi connectivity index (χ3v) is 7.79. The summed E-state index contributed by atoms with van der Waals surface area (Å²) in [5.41, 5.74) is 0.887. The summed E-state index contributed by atoms with van der Waals surface area (Å²) < 4.78 is 48.8. The standard InChI is InChI=1S/C28H25F3N4O2/c29-24-21(23-10-19(36)9-15-3-1-2-4-20(15)23)7-8-22-25(24)33-27(37-14-16-11-28(16,30)31)34-26(22)35-12-17-5-6-18(13-35)32-17/h1-4,7-10,16-18,32,36H,5-6,11-14H2. The molecule has 1 aliphatic carbocycles. The molecule has 4 aromatic rings. The van der Waals surface area contributed by atoms with E-state index in [1.807, 2.05) is 24.3 Å². The van der Waals surface area contributed by atoms with E-state index in [2.05, 4.69) is 20.2 Å². The number of nitrogens with zero attached hydrogens (tertiary/aromatic N) is 3. The second-order valence-electron chi connectivity index (χ2n) is 10.4. The Morgan fingerprint density at radius 2 is 1.76 bits per heavy atom. The number of aromatic hydroxyl groups is 1. The highest BCUT2D eigenvalue weighted by Crippen LogP contribution is 2.48. The summed E-state index contributed by atoms with van der Waals surface area (Å²) in [6.07, 6.45) is 1.90. The number of benzene rings is 3. The largest absolute Gasteiger partial charge is 0.508 e. The second kappa shape index (κ2) is 8.21. The monoisotopic (exact) mass is 506 g/mol. The molecule has 6 nitrogen and oxygen atoms in total. The number of anilines is 1. The zero-order valence-corrected chi connectivity index (χ0v) is 19.9. The van der Waals surface area contributed by atoms with Gasteiger partial charge in [-0.15, -0.1) is 0 Å². The van der Waals surface area contributed by atoms with Crippen molar-refractivity contribution in [3.63, 3.8) is 0 Å². The van der Waals surface area contributed by atoms with Crippen molar-refractivity contribution in [2.75, 3.05) is 24.6 Å². The van der Waals surface area contributed by atoms with Gasteiger partial charge in [0.1, 0.15) is 23.7 Å². The molecule has 3 aliphatic rings. The molecule has 2 aliphatic heterocycles. The average Bonchev–Trinajstić information content (AvgIpc) is 3.37. The fourth-order valence-electron chi connectivity index (χ4n) is 5.75. The average molecular weight is 507 g/mol. The second-order valence-corrected chi connectivity index (χ2v) is 10.4. The van der Waals surface area contributed by atoms with E-state index < -0.39 is 17.7 Å². The fraction of sp³-hybridized carbons (Fsp3) is 0.357. The highest BCUT2D eigenvalue weighted by Gasteiger charge is 2.57. The van der Waals surface area contributed by atoms with Crippen molar-refractivity contribution in [2.24, 2.45) is 5.92 Å². The molecule has 3 aromatic carbocycles. The van der Waals surface area contributed by atoms with E-state index in [0.717, 1.165) is 23.6 Å². The van der Waals surface area contributed by atoms with E-state index in [0.29, 0.717) is 41.9 Å². The van der Waals surface area contributed by atoms with Gasteiger partial charge in [-0.3, -0.25) is 0 Å². The Morgan fingerprint density at radius 3 is 2.51 bits per heavy atom. The zero-order chi connectivity index (χ0) is 25.3. The summed E-state index contributed by atoms with van der Waals surface area (Å²) in [6, 6.07) is 14.6. The zero-order valence-electron chi connectivity index (χ0n) is 19.9. The van der Waals surface area contributed by atoms with Crippen LogP contribution in [0.25, 0.3) is 32.8 Å². The summed E-state index contributed by atoms with van der Waals surface area (Å²) in [5, 5.41) is 16.0. The Labute approximate surface area is 211 Å². The minimum atomic E-state index is -2.73. The van der Waals surface area contributed by atoms with Crippen LogP contribution in [0.1, 0.15) is 19.3 Å². The van der Waals surface area contributed by atoms with Gasteiger partial charge in [-0.1, -0.05) is 30.3 Å². The SMILES string of the molecule is Oc1cc(-c2ccc3c(N4CC5CCC(C4)N5)nc(OCC4CC4(F)F)nc3c2F)c2ccccc2c1. The highest BCUT2D eigenvalue weighted by atomic mass is 19.3. The number of rotatable bonds is 5. The highest BCUT2D eigenvalue weighted by molar-refractivity contribution is 6.01. The normalized spacial score (nSPS) is 24.1. The molecular formula is C28H25F3N4O2. The van der Waals surface area contributed by atoms with Crippen molar-refractivity contribution in [2.45, 2.75) is 37.3 Å². The number of piperazine rings is 1. The maximum absolute atomic E-state index is 16.3. The molecule has 2 N–H and O–H groups in total. The lowest BCUT2D eigenvalue weighted by Gasteiger charge is -2.34. The number of alkyl halides is 2. The molecule has 2 saturated heterocycles. The van der Waals surface area contributed by atoms with Gasteiger partial charge in [-0.2, -0.15) is 9.97 Å². The summed E-state index contributed by atoms with van der Waals surface area (Å²) in [4.78, 5) is 11.1. The van der Waals surface area contributed by atoms with Crippen LogP contribution in [0.2, 0.25) is 0 Å². The van der Waals surface area contributed by atoms with Crippen LogP contribution in [0.4, 0.5) is 19.0 Å². The van der Waals surface area contributed by atoms with Gasteiger partial charge in [0.2, 0.25) is 0 Å². The number of hydrogen-bond acceptors (Lipinski definition) is 6. The lowest BCUT2D eigenvalue weighted by Crippen LogP contribution is -2.51. The van der Waals surface area contributed by atoms with Crippen LogP contribution in [0.3, 0.4) is 0 Å². The predicted octanol–water partition coefficient (Wildman–Crippen LogP) is 5.27. The molecule has 3 unspecified atom stereocenters. The molecule has 1 aromatic heterocycles. The quantitative estimate of drug-likeness (QED) is 0.384. The summed E-state index contributed by atoms with van der Waals surface area (Å²) in [6.45, 7) is 1.20. The minimum Gasteiger partial charge on any atom is -0.508 e. The molecule has 3 heterocycles. The van der Waals surface area contributed by atoms with Gasteiger partial charge in [-0.25, -0.2) is 13.2 Å². The van der Waals surface area contributed by atoms with Gasteiger partial charge in [0.15, 0.2) is 5.82 Å². The number of phenols is 1. The summed E-state index contributed by atoms with van der Waals surface area (Å²) in [7, 11) is 0. The van der Waals surface area contributed by atoms with Crippen molar-refractivity contribution in [1.29, 1.82) is 0 Å². The Balaban J connectivity index is 1.37. The first-order valence-corrected chi connectivity index (χ1v) is 12.6. The van der Waals surface area contributed by atoms with Crippen LogP contribution in [-0.4, -0.2) is 52.8 Å². The Kier molecular flexibility index (Phi) is 5.01. The number of fused-ring (bicyclic) bond motifs is 4. The maximum atomic E-state index is 16.3. The van der Waals surface area contributed by atoms with Crippen molar-refractivity contribution in [1.82, 2.24) is 15.3 Å². The van der Waals surface area contributed by atoms with Crippen molar-refractivity contribution < 1.29 is 23.0 Å². The topological polar surface area (TPSA) is 70.5 Å². The van der Waals surface area contributed by atoms with Crippen LogP contribution in [0.5, 0.6) is 11.8 Å². The molecule has 3 atom stereocenters. The molecule has 2 bridgehead atoms. The van der Waals surface area contributed by atoms with E-state index in [4.69, 9.17) is 4.74 Å². The van der Waals surface area contributed by atoms with Crippen LogP contribution < -0.4 is 15.0 Å². The van der Waals surface area contributed by atoms with Crippen LogP contribution in [0.15, 0.2) is 48.5 Å². The van der Waals surface area contributed by atoms with Gasteiger partial charge >= 0.3 is 6.01 Å². The fourth-order valence-corrected chi connectivity index (χ4v) is 5.75. The van der Waals surface area contributed by atoms with Crippen LogP contribution in [0, 0.1) is 11.7 Å². The molecule has 190 valence electrons. The van der Waals surface area contributed by atoms with Crippen LogP contribution >= 0.6 is 0 Å². The maximum Gasteiger partial charge on any atom is 0.319 e. The van der Waals surface area contributed by atoms with E-state index in [9.17, 15) is 13.9 Å². The van der Waals surface area contributed by atoms with Gasteiger partial charge in [0.05, 0.1) is 5.92 Å². The first-order valence-electron chi connectivity index (χ1n) is 12.6. The van der Waals surface area contributed by atoms with E-state index in [-0.39, 0.29) is 35.9 Å². The number of halogens is 3. The van der Waals surface area contributed by atoms with E-state index >= 15 is 4.39 Å². The predicted molar refractivity (Wildman–Crippen MR) is 135 cm³/mol. The summed E-state index contributed by atoms with van der Waals surface area (Å²) >= 11 is 0. The molecule has 1 saturated carbocycles. The first-order chi connectivity index (χ1) is 17.9. The van der Waals surface area contributed by atoms with Gasteiger partial charge < -0.3 is 20.1 Å². The number of phenolic OH excluding ortho intramolecular Hbond substituents is 1. The van der Waals surface area contributed by atoms with Crippen LogP contribution in [-0.2, 0) is 0 Å². The van der Waals surface area contributed by atoms with Crippen molar-refractivity contribution in [3.8, 4) is 22.9 Å². The van der Waals surface area contributed by atoms with Gasteiger partial charge in [0, 0.05) is 42.5 Å². The first kappa shape index (κ1) is 22.6. The van der Waals surface area contributed by atoms with E-state index in [1.165, 1.54) is 6.07 Å². The molecular weight excluding hydrogens is 481 g/mol. The molecule has 7 rings (SSSR count). The summed E-state index contributed by atoms with van der Waals surface area (Å²) in [5.74, 6) is -3.60. The van der Waals surface area contributed by atoms with Crippen molar-refractivity contribution >= 4 is 27.5 Å². The number of nitrogens with one attached hydrogen (secondary N) is 1. The third kappa shape index (κ3) is 3.92. The third-order valence-electron chi connectivity index (χ3n) is 7.79. The minimum absolute atomic E-state index is 0.0299. The van der Waals surface area contributed by atoms with Gasteiger partial charge in [0.25, 0.3) is 5.92 Å². The molecule has 37 heavy (non-hydrogen) atoms. The number of hydrogen-bond donors (Lipinski definition) is 2. The van der Waals surface area contributed by atoms with Gasteiger partial charge in [-0.05, 0) is 47.4 Å². The Morgan fingerprint density at radius 1 is 1.00 bits per heavy atom. The molecule has 0 amide bonds. The molecule has 0 radical (unpaired) electrons. The molecule has 3 fully saturated rings. The lowest BCUT2D eigenvalue weighted by molar-refractivity contribution is 0.0843. The Bertz CT molecular complexity index is 1530. The van der Waals surface area contributed by atoms with Crippen molar-refractivity contribution in [3.05, 3.63) is 54.3 Å². The van der Waals surface area contributed by atoms with E-state index in [1.54, 1.807) is 18.2 Å². The smallest absolute Gasteiger partial charge is 0.319 e.